The number of aromatic amines is 1. The number of para-hydroxylation sites is 1. The quantitative estimate of drug-likeness (QED) is 0.482. The number of nitrogens with zero attached hydrogens (tertiary/aromatic N) is 3. The van der Waals surface area contributed by atoms with Crippen LogP contribution in [-0.4, -0.2) is 19.9 Å². The number of benzene rings is 3. The van der Waals surface area contributed by atoms with Crippen molar-refractivity contribution in [2.24, 2.45) is 0 Å². The van der Waals surface area contributed by atoms with Gasteiger partial charge in [0.2, 0.25) is 11.9 Å². The van der Waals surface area contributed by atoms with Crippen LogP contribution in [0.5, 0.6) is 0 Å². The number of H-pyrrole nitrogens is 1. The smallest absolute Gasteiger partial charge is 0.260 e. The normalized spacial score (nSPS) is 11.1. The molecular weight excluding hydrogens is 369 g/mol. The van der Waals surface area contributed by atoms with E-state index in [1.807, 2.05) is 36.4 Å². The Kier molecular flexibility index (Phi) is 3.98. The summed E-state index contributed by atoms with van der Waals surface area (Å²) in [6.45, 7) is 0. The topological polar surface area (TPSA) is 83.6 Å². The third-order valence-corrected chi connectivity index (χ3v) is 4.55. The first-order valence-electron chi connectivity index (χ1n) is 8.96. The van der Waals surface area contributed by atoms with Gasteiger partial charge in [0, 0.05) is 10.9 Å². The molecule has 0 saturated carbocycles. The highest BCUT2D eigenvalue weighted by atomic mass is 19.1. The van der Waals surface area contributed by atoms with Gasteiger partial charge in [0.15, 0.2) is 0 Å². The number of aromatic nitrogens is 4. The molecule has 2 heterocycles. The fourth-order valence-corrected chi connectivity index (χ4v) is 3.22. The van der Waals surface area contributed by atoms with E-state index in [0.29, 0.717) is 27.5 Å². The van der Waals surface area contributed by atoms with E-state index < -0.39 is 0 Å². The predicted octanol–water partition coefficient (Wildman–Crippen LogP) is 4.42. The third-order valence-electron chi connectivity index (χ3n) is 4.55. The second-order valence-electron chi connectivity index (χ2n) is 6.48. The molecule has 3 aromatic carbocycles. The molecule has 6 nitrogen and oxygen atoms in total. The molecule has 0 fully saturated rings. The summed E-state index contributed by atoms with van der Waals surface area (Å²) >= 11 is 0. The number of hydrogen-bond donors (Lipinski definition) is 2. The lowest BCUT2D eigenvalue weighted by molar-refractivity contribution is 0.629. The minimum Gasteiger partial charge on any atom is -0.294 e. The molecule has 0 aliphatic heterocycles. The highest BCUT2D eigenvalue weighted by Crippen LogP contribution is 2.28. The first-order valence-corrected chi connectivity index (χ1v) is 8.96. The van der Waals surface area contributed by atoms with E-state index in [2.05, 4.69) is 25.3 Å². The van der Waals surface area contributed by atoms with Crippen LogP contribution in [0.4, 0.5) is 16.3 Å². The van der Waals surface area contributed by atoms with Crippen molar-refractivity contribution in [3.63, 3.8) is 0 Å². The van der Waals surface area contributed by atoms with Crippen LogP contribution in [-0.2, 0) is 0 Å². The molecule has 5 rings (SSSR count). The molecule has 0 radical (unpaired) electrons. The summed E-state index contributed by atoms with van der Waals surface area (Å²) in [7, 11) is 0. The molecule has 0 amide bonds. The zero-order chi connectivity index (χ0) is 19.8. The molecular formula is C22H14FN5O. The van der Waals surface area contributed by atoms with Crippen LogP contribution in [0.25, 0.3) is 33.1 Å². The lowest BCUT2D eigenvalue weighted by atomic mass is 10.1. The molecule has 0 unspecified atom stereocenters. The van der Waals surface area contributed by atoms with Gasteiger partial charge in [-0.05, 0) is 30.3 Å². The minimum absolute atomic E-state index is 0.231. The Morgan fingerprint density at radius 3 is 2.41 bits per heavy atom. The summed E-state index contributed by atoms with van der Waals surface area (Å²) in [5, 5.41) is 4.07. The van der Waals surface area contributed by atoms with Gasteiger partial charge < -0.3 is 0 Å². The van der Waals surface area contributed by atoms with E-state index in [9.17, 15) is 9.18 Å². The van der Waals surface area contributed by atoms with E-state index >= 15 is 0 Å². The average Bonchev–Trinajstić information content (AvgIpc) is 2.74. The molecule has 5 aromatic rings. The number of halogens is 1. The second-order valence-corrected chi connectivity index (χ2v) is 6.48. The number of fused-ring (bicyclic) bond motifs is 2. The van der Waals surface area contributed by atoms with Crippen molar-refractivity contribution in [1.82, 2.24) is 19.9 Å². The molecule has 29 heavy (non-hydrogen) atoms. The van der Waals surface area contributed by atoms with E-state index in [-0.39, 0.29) is 23.3 Å². The van der Waals surface area contributed by atoms with Crippen molar-refractivity contribution in [3.8, 4) is 11.3 Å². The van der Waals surface area contributed by atoms with E-state index in [1.165, 1.54) is 12.1 Å². The summed E-state index contributed by atoms with van der Waals surface area (Å²) in [5.41, 5.74) is 2.29. The summed E-state index contributed by atoms with van der Waals surface area (Å²) in [5.74, 6) is 0.120. The van der Waals surface area contributed by atoms with E-state index in [4.69, 9.17) is 0 Å². The number of nitrogens with one attached hydrogen (secondary N) is 2. The summed E-state index contributed by atoms with van der Waals surface area (Å²) in [6.07, 6.45) is 0. The predicted molar refractivity (Wildman–Crippen MR) is 111 cm³/mol. The molecule has 7 heteroatoms. The molecule has 2 N–H and O–H groups in total. The largest absolute Gasteiger partial charge is 0.294 e. The van der Waals surface area contributed by atoms with E-state index in [0.717, 1.165) is 5.56 Å². The van der Waals surface area contributed by atoms with Crippen molar-refractivity contribution in [2.75, 3.05) is 5.32 Å². The molecule has 0 atom stereocenters. The molecule has 0 bridgehead atoms. The summed E-state index contributed by atoms with van der Waals surface area (Å²) < 4.78 is 13.9. The van der Waals surface area contributed by atoms with Gasteiger partial charge in [0.05, 0.1) is 22.1 Å². The molecule has 140 valence electrons. The second kappa shape index (κ2) is 6.79. The van der Waals surface area contributed by atoms with Crippen LogP contribution in [0.3, 0.4) is 0 Å². The molecule has 0 saturated heterocycles. The minimum atomic E-state index is -0.362. The Morgan fingerprint density at radius 1 is 0.793 bits per heavy atom. The lowest BCUT2D eigenvalue weighted by Crippen LogP contribution is -2.12. The lowest BCUT2D eigenvalue weighted by Gasteiger charge is -2.10. The van der Waals surface area contributed by atoms with Crippen molar-refractivity contribution in [1.29, 1.82) is 0 Å². The van der Waals surface area contributed by atoms with Gasteiger partial charge in [0.25, 0.3) is 5.56 Å². The van der Waals surface area contributed by atoms with Crippen molar-refractivity contribution >= 4 is 33.7 Å². The third kappa shape index (κ3) is 3.19. The van der Waals surface area contributed by atoms with Crippen LogP contribution in [0.15, 0.2) is 77.6 Å². The van der Waals surface area contributed by atoms with Crippen LogP contribution in [0.1, 0.15) is 0 Å². The van der Waals surface area contributed by atoms with Gasteiger partial charge in [-0.15, -0.1) is 0 Å². The standard InChI is InChI=1S/C22H14FN5O/c23-14-10-11-18-16(12-14)19(13-6-2-1-3-7-13)26-21(25-18)28-22-24-17-9-5-4-8-15(17)20(29)27-22/h1-12H,(H2,24,25,26,27,28,29). The summed E-state index contributed by atoms with van der Waals surface area (Å²) in [6, 6.07) is 20.9. The van der Waals surface area contributed by atoms with Gasteiger partial charge in [-0.3, -0.25) is 15.1 Å². The van der Waals surface area contributed by atoms with Crippen molar-refractivity contribution in [2.45, 2.75) is 0 Å². The average molecular weight is 383 g/mol. The number of hydrogen-bond acceptors (Lipinski definition) is 5. The van der Waals surface area contributed by atoms with Gasteiger partial charge in [0.1, 0.15) is 5.82 Å². The van der Waals surface area contributed by atoms with Crippen LogP contribution < -0.4 is 10.9 Å². The van der Waals surface area contributed by atoms with Crippen LogP contribution in [0, 0.1) is 5.82 Å². The zero-order valence-corrected chi connectivity index (χ0v) is 15.1. The van der Waals surface area contributed by atoms with Crippen LogP contribution >= 0.6 is 0 Å². The monoisotopic (exact) mass is 383 g/mol. The Balaban J connectivity index is 1.66. The molecule has 2 aromatic heterocycles. The van der Waals surface area contributed by atoms with Crippen molar-refractivity contribution < 1.29 is 4.39 Å². The maximum Gasteiger partial charge on any atom is 0.260 e. The first-order chi connectivity index (χ1) is 14.2. The van der Waals surface area contributed by atoms with E-state index in [1.54, 1.807) is 24.3 Å². The molecule has 0 aliphatic carbocycles. The zero-order valence-electron chi connectivity index (χ0n) is 15.1. The fraction of sp³-hybridized carbons (Fsp3) is 0. The highest BCUT2D eigenvalue weighted by molar-refractivity contribution is 5.93. The molecule has 0 aliphatic rings. The Morgan fingerprint density at radius 2 is 1.55 bits per heavy atom. The van der Waals surface area contributed by atoms with Gasteiger partial charge in [-0.2, -0.15) is 0 Å². The first kappa shape index (κ1) is 17.0. The number of rotatable bonds is 3. The SMILES string of the molecule is O=c1[nH]c(Nc2nc(-c3ccccc3)c3cc(F)ccc3n2)nc2ccccc12. The maximum absolute atomic E-state index is 13.9. The number of anilines is 2. The Hall–Kier alpha value is -4.13. The van der Waals surface area contributed by atoms with Crippen LogP contribution in [0.2, 0.25) is 0 Å². The fourth-order valence-electron chi connectivity index (χ4n) is 3.22. The highest BCUT2D eigenvalue weighted by Gasteiger charge is 2.12. The Bertz CT molecular complexity index is 1420. The maximum atomic E-state index is 13.9. The molecule has 0 spiro atoms. The van der Waals surface area contributed by atoms with Gasteiger partial charge in [-0.1, -0.05) is 42.5 Å². The van der Waals surface area contributed by atoms with Gasteiger partial charge >= 0.3 is 0 Å². The Labute approximate surface area is 164 Å². The summed E-state index contributed by atoms with van der Waals surface area (Å²) in [4.78, 5) is 28.5. The van der Waals surface area contributed by atoms with Gasteiger partial charge in [-0.25, -0.2) is 19.3 Å². The van der Waals surface area contributed by atoms with Crippen molar-refractivity contribution in [3.05, 3.63) is 89.0 Å².